The molecule has 314 valence electrons. The van der Waals surface area contributed by atoms with Crippen LogP contribution < -0.4 is 16.6 Å². The van der Waals surface area contributed by atoms with Crippen molar-refractivity contribution in [2.24, 2.45) is 0 Å². The van der Waals surface area contributed by atoms with Crippen molar-refractivity contribution in [3.05, 3.63) is 123 Å². The Morgan fingerprint density at radius 2 is 1.62 bits per heavy atom. The van der Waals surface area contributed by atoms with Crippen LogP contribution in [0.3, 0.4) is 0 Å². The molecule has 0 bridgehead atoms. The molecular formula is C41H39F5N8O6. The van der Waals surface area contributed by atoms with Crippen molar-refractivity contribution < 1.29 is 41.8 Å². The van der Waals surface area contributed by atoms with Crippen LogP contribution in [0.1, 0.15) is 47.8 Å². The number of carboxylic acid groups (broad SMARTS) is 1. The Bertz CT molecular complexity index is 2700. The van der Waals surface area contributed by atoms with E-state index in [0.717, 1.165) is 55.1 Å². The number of nitrogens with one attached hydrogen (secondary N) is 1. The Hall–Kier alpha value is -6.47. The molecule has 0 radical (unpaired) electrons. The van der Waals surface area contributed by atoms with Gasteiger partial charge in [0.2, 0.25) is 0 Å². The summed E-state index contributed by atoms with van der Waals surface area (Å²) in [6, 6.07) is 15.8. The molecule has 2 aromatic carbocycles. The van der Waals surface area contributed by atoms with E-state index in [9.17, 15) is 41.4 Å². The Morgan fingerprint density at radius 1 is 0.900 bits per heavy atom. The highest BCUT2D eigenvalue weighted by Crippen LogP contribution is 2.31. The van der Waals surface area contributed by atoms with E-state index in [0.29, 0.717) is 43.6 Å². The van der Waals surface area contributed by atoms with Gasteiger partial charge in [-0.05, 0) is 91.9 Å². The van der Waals surface area contributed by atoms with Crippen LogP contribution in [0, 0.1) is 11.6 Å². The lowest BCUT2D eigenvalue weighted by molar-refractivity contribution is -0.192. The van der Waals surface area contributed by atoms with Gasteiger partial charge in [0, 0.05) is 57.2 Å². The predicted molar refractivity (Wildman–Crippen MR) is 209 cm³/mol. The van der Waals surface area contributed by atoms with E-state index < -0.39 is 47.0 Å². The quantitative estimate of drug-likeness (QED) is 0.183. The van der Waals surface area contributed by atoms with Crippen molar-refractivity contribution >= 4 is 28.6 Å². The molecule has 1 saturated heterocycles. The minimum atomic E-state index is -5.08. The van der Waals surface area contributed by atoms with Gasteiger partial charge < -0.3 is 24.8 Å². The SMILES string of the molecule is CN1CCN(Cc2cc(O)ccc2-c2cccc(-n3c(=O)n([C@H]4CC[C@@H](NC(=O)c5cn6cc(F)ccc6n5)CC4)c(=O)c4cc(F)cnc43)c2)CC1.O=C(O)C(F)(F)F. The molecule has 2 aliphatic rings. The second-order valence-electron chi connectivity index (χ2n) is 14.8. The third-order valence-corrected chi connectivity index (χ3v) is 10.7. The van der Waals surface area contributed by atoms with Crippen molar-refractivity contribution in [1.29, 1.82) is 0 Å². The number of hydrogen-bond acceptors (Lipinski definition) is 9. The smallest absolute Gasteiger partial charge is 0.490 e. The number of pyridine rings is 2. The number of likely N-dealkylation sites (N-methyl/N-ethyl adjacent to an activating group) is 1. The number of fused-ring (bicyclic) bond motifs is 2. The van der Waals surface area contributed by atoms with E-state index in [2.05, 4.69) is 32.1 Å². The Morgan fingerprint density at radius 3 is 2.32 bits per heavy atom. The number of alkyl halides is 3. The highest BCUT2D eigenvalue weighted by atomic mass is 19.4. The lowest BCUT2D eigenvalue weighted by atomic mass is 9.90. The maximum atomic E-state index is 14.6. The van der Waals surface area contributed by atoms with Gasteiger partial charge in [0.15, 0.2) is 5.65 Å². The van der Waals surface area contributed by atoms with Gasteiger partial charge in [-0.1, -0.05) is 18.2 Å². The average Bonchev–Trinajstić information content (AvgIpc) is 3.63. The largest absolute Gasteiger partial charge is 0.508 e. The summed E-state index contributed by atoms with van der Waals surface area (Å²) in [6.45, 7) is 4.33. The van der Waals surface area contributed by atoms with Gasteiger partial charge in [-0.15, -0.1) is 0 Å². The number of rotatable bonds is 7. The molecule has 6 aromatic rings. The number of aromatic nitrogens is 5. The van der Waals surface area contributed by atoms with Crippen LogP contribution in [0.25, 0.3) is 33.5 Å². The van der Waals surface area contributed by atoms with Gasteiger partial charge in [0.25, 0.3) is 11.5 Å². The standard InChI is InChI=1S/C39H38F2N8O4.C2HF3O2/c1-45-13-15-46(16-14-45)21-25-18-31(50)10-11-32(25)24-3-2-4-30(17-24)48-36-33(19-27(41)20-42-36)38(52)49(39(48)53)29-8-6-28(7-9-29)43-37(51)34-23-47-22-26(40)5-12-35(47)44-34;3-2(4,5)1(6)7/h2-5,10-12,17-20,22-23,28-29,50H,6-9,13-16,21H2,1H3,(H,43,51);(H,6,7)/t28-,29+;. The molecule has 1 amide bonds. The molecule has 19 heteroatoms. The molecule has 60 heavy (non-hydrogen) atoms. The van der Waals surface area contributed by atoms with Crippen molar-refractivity contribution in [2.45, 2.75) is 50.5 Å². The molecule has 0 spiro atoms. The monoisotopic (exact) mass is 834 g/mol. The molecule has 14 nitrogen and oxygen atoms in total. The number of aliphatic carboxylic acids is 1. The summed E-state index contributed by atoms with van der Waals surface area (Å²) in [6.07, 6.45) is 0.409. The second kappa shape index (κ2) is 17.0. The lowest BCUT2D eigenvalue weighted by Gasteiger charge is -2.32. The summed E-state index contributed by atoms with van der Waals surface area (Å²) in [5.41, 5.74) is 2.52. The first-order valence-electron chi connectivity index (χ1n) is 19.0. The number of piperazine rings is 1. The first kappa shape index (κ1) is 41.7. The number of carboxylic acids is 1. The Labute approximate surface area is 337 Å². The number of hydrogen-bond donors (Lipinski definition) is 3. The van der Waals surface area contributed by atoms with Crippen molar-refractivity contribution in [3.63, 3.8) is 0 Å². The summed E-state index contributed by atoms with van der Waals surface area (Å²) >= 11 is 0. The van der Waals surface area contributed by atoms with Gasteiger partial charge >= 0.3 is 17.8 Å². The van der Waals surface area contributed by atoms with Gasteiger partial charge in [-0.25, -0.2) is 32.9 Å². The number of carbonyl (C=O) groups excluding carboxylic acids is 1. The first-order valence-corrected chi connectivity index (χ1v) is 19.0. The van der Waals surface area contributed by atoms with E-state index in [1.807, 2.05) is 24.3 Å². The van der Waals surface area contributed by atoms with Crippen molar-refractivity contribution in [2.75, 3.05) is 33.2 Å². The first-order chi connectivity index (χ1) is 28.5. The molecule has 0 atom stereocenters. The molecule has 0 unspecified atom stereocenters. The molecule has 5 heterocycles. The summed E-state index contributed by atoms with van der Waals surface area (Å²) in [5.74, 6) is -4.14. The maximum absolute atomic E-state index is 14.6. The van der Waals surface area contributed by atoms with Gasteiger partial charge in [-0.2, -0.15) is 13.2 Å². The summed E-state index contributed by atoms with van der Waals surface area (Å²) in [7, 11) is 2.10. The minimum Gasteiger partial charge on any atom is -0.508 e. The normalized spacial score (nSPS) is 17.6. The number of halogens is 5. The van der Waals surface area contributed by atoms with Crippen LogP contribution >= 0.6 is 0 Å². The number of aromatic hydroxyl groups is 1. The molecule has 1 aliphatic carbocycles. The topological polar surface area (TPSA) is 167 Å². The van der Waals surface area contributed by atoms with Crippen molar-refractivity contribution in [1.82, 2.24) is 38.6 Å². The van der Waals surface area contributed by atoms with Crippen molar-refractivity contribution in [3.8, 4) is 22.6 Å². The number of imidazole rings is 1. The van der Waals surface area contributed by atoms with E-state index >= 15 is 0 Å². The van der Waals surface area contributed by atoms with Gasteiger partial charge in [-0.3, -0.25) is 19.1 Å². The highest BCUT2D eigenvalue weighted by molar-refractivity contribution is 5.93. The van der Waals surface area contributed by atoms with Crippen LogP contribution in [0.4, 0.5) is 22.0 Å². The third-order valence-electron chi connectivity index (χ3n) is 10.7. The molecule has 2 fully saturated rings. The molecule has 1 saturated carbocycles. The lowest BCUT2D eigenvalue weighted by Crippen LogP contribution is -2.45. The van der Waals surface area contributed by atoms with Crippen LogP contribution in [0.15, 0.2) is 88.8 Å². The minimum absolute atomic E-state index is 0.0193. The summed E-state index contributed by atoms with van der Waals surface area (Å²) in [5, 5.41) is 20.5. The van der Waals surface area contributed by atoms with Crippen LogP contribution in [0.5, 0.6) is 5.75 Å². The molecule has 1 aliphatic heterocycles. The molecule has 3 N–H and O–H groups in total. The number of benzene rings is 2. The van der Waals surface area contributed by atoms with E-state index in [4.69, 9.17) is 9.90 Å². The predicted octanol–water partition coefficient (Wildman–Crippen LogP) is 5.14. The number of amides is 1. The number of nitrogens with zero attached hydrogens (tertiary/aromatic N) is 7. The number of phenolic OH excluding ortho intramolecular Hbond substituents is 1. The van der Waals surface area contributed by atoms with Crippen LogP contribution in [0.2, 0.25) is 0 Å². The fourth-order valence-electron chi connectivity index (χ4n) is 7.60. The average molecular weight is 835 g/mol. The molecular weight excluding hydrogens is 795 g/mol. The molecule has 8 rings (SSSR count). The number of carbonyl (C=O) groups is 2. The Balaban J connectivity index is 0.000000716. The van der Waals surface area contributed by atoms with Crippen LogP contribution in [-0.4, -0.2) is 101 Å². The maximum Gasteiger partial charge on any atom is 0.490 e. The zero-order chi connectivity index (χ0) is 42.9. The van der Waals surface area contributed by atoms with Crippen LogP contribution in [-0.2, 0) is 11.3 Å². The van der Waals surface area contributed by atoms with E-state index in [1.54, 1.807) is 18.2 Å². The fraction of sp³-hybridized carbons (Fsp3) is 0.317. The van der Waals surface area contributed by atoms with Gasteiger partial charge in [0.1, 0.15) is 28.7 Å². The Kier molecular flexibility index (Phi) is 11.8. The second-order valence-corrected chi connectivity index (χ2v) is 14.8. The summed E-state index contributed by atoms with van der Waals surface area (Å²) < 4.78 is 64.0. The fourth-order valence-corrected chi connectivity index (χ4v) is 7.60. The highest BCUT2D eigenvalue weighted by Gasteiger charge is 2.38. The zero-order valence-corrected chi connectivity index (χ0v) is 32.1. The summed E-state index contributed by atoms with van der Waals surface area (Å²) in [4.78, 5) is 63.4. The zero-order valence-electron chi connectivity index (χ0n) is 32.1. The van der Waals surface area contributed by atoms with Gasteiger partial charge in [0.05, 0.1) is 17.3 Å². The number of phenols is 1. The molecule has 4 aromatic heterocycles. The van der Waals surface area contributed by atoms with E-state index in [1.165, 1.54) is 38.1 Å². The third kappa shape index (κ3) is 9.06. The van der Waals surface area contributed by atoms with E-state index in [-0.39, 0.29) is 28.5 Å².